The summed E-state index contributed by atoms with van der Waals surface area (Å²) in [6, 6.07) is 26.0. The molecule has 1 fully saturated rings. The molecule has 0 spiro atoms. The van der Waals surface area contributed by atoms with Gasteiger partial charge in [0.05, 0.1) is 24.8 Å². The molecule has 264 valence electrons. The van der Waals surface area contributed by atoms with E-state index in [0.29, 0.717) is 15.8 Å². The quantitative estimate of drug-likeness (QED) is 0.146. The van der Waals surface area contributed by atoms with Crippen LogP contribution in [-0.4, -0.2) is 58.0 Å². The average Bonchev–Trinajstić information content (AvgIpc) is 3.13. The van der Waals surface area contributed by atoms with Gasteiger partial charge in [-0.15, -0.1) is 0 Å². The Balaban J connectivity index is 1.57. The SMILES string of the molecule is COc1ccc(S(=O)(=O)N(CC(=O)N(Cc2ccc(Cl)cc2)[C@H](Cc2ccccc2)C(=O)NC2CCCCC2)c2ccc(Cl)cc2)cc1OC. The number of carbonyl (C=O) groups is 2. The number of sulfonamides is 1. The summed E-state index contributed by atoms with van der Waals surface area (Å²) in [4.78, 5) is 30.3. The van der Waals surface area contributed by atoms with E-state index in [2.05, 4.69) is 5.32 Å². The second-order valence-corrected chi connectivity index (χ2v) is 14.9. The summed E-state index contributed by atoms with van der Waals surface area (Å²) < 4.78 is 40.6. The predicted octanol–water partition coefficient (Wildman–Crippen LogP) is 7.29. The number of anilines is 1. The van der Waals surface area contributed by atoms with Gasteiger partial charge in [0.25, 0.3) is 10.0 Å². The van der Waals surface area contributed by atoms with Crippen molar-refractivity contribution in [2.45, 2.75) is 62.0 Å². The Hall–Kier alpha value is -4.25. The molecule has 1 saturated carbocycles. The maximum Gasteiger partial charge on any atom is 0.264 e. The number of methoxy groups -OCH3 is 2. The van der Waals surface area contributed by atoms with Crippen molar-refractivity contribution in [3.05, 3.63) is 118 Å². The maximum absolute atomic E-state index is 14.7. The van der Waals surface area contributed by atoms with E-state index >= 15 is 0 Å². The standard InChI is InChI=1S/C38H41Cl2N3O6S/c1-48-35-22-21-33(24-36(35)49-2)50(46,47)43(32-19-17-30(40)18-20-32)26-37(44)42(25-28-13-15-29(39)16-14-28)34(23-27-9-5-3-6-10-27)38(45)41-31-11-7-4-8-12-31/h3,5-6,9-10,13-22,24,31,34H,4,7-8,11-12,23,25-26H2,1-2H3,(H,41,45)/t34-/m1/s1. The number of nitrogens with zero attached hydrogens (tertiary/aromatic N) is 2. The third-order valence-electron chi connectivity index (χ3n) is 8.83. The van der Waals surface area contributed by atoms with Gasteiger partial charge in [-0.2, -0.15) is 0 Å². The molecule has 0 heterocycles. The molecule has 1 atom stereocenters. The van der Waals surface area contributed by atoms with Crippen LogP contribution in [0, 0.1) is 0 Å². The van der Waals surface area contributed by atoms with Gasteiger partial charge in [0.2, 0.25) is 11.8 Å². The summed E-state index contributed by atoms with van der Waals surface area (Å²) in [5.74, 6) is -0.299. The lowest BCUT2D eigenvalue weighted by Gasteiger charge is -2.35. The van der Waals surface area contributed by atoms with Crippen LogP contribution in [0.3, 0.4) is 0 Å². The third kappa shape index (κ3) is 9.29. The monoisotopic (exact) mass is 737 g/mol. The lowest BCUT2D eigenvalue weighted by molar-refractivity contribution is -0.140. The summed E-state index contributed by atoms with van der Waals surface area (Å²) in [6.45, 7) is -0.565. The summed E-state index contributed by atoms with van der Waals surface area (Å²) in [5.41, 5.74) is 1.81. The second kappa shape index (κ2) is 17.1. The Morgan fingerprint density at radius 3 is 2.04 bits per heavy atom. The maximum atomic E-state index is 14.7. The molecular weight excluding hydrogens is 697 g/mol. The minimum atomic E-state index is -4.37. The van der Waals surface area contributed by atoms with Crippen molar-refractivity contribution in [2.24, 2.45) is 0 Å². The van der Waals surface area contributed by atoms with E-state index in [9.17, 15) is 18.0 Å². The van der Waals surface area contributed by atoms with Gasteiger partial charge in [-0.25, -0.2) is 8.42 Å². The molecule has 0 unspecified atom stereocenters. The first kappa shape index (κ1) is 37.0. The van der Waals surface area contributed by atoms with Gasteiger partial charge < -0.3 is 19.7 Å². The molecule has 9 nitrogen and oxygen atoms in total. The van der Waals surface area contributed by atoms with E-state index in [1.165, 1.54) is 49.5 Å². The molecule has 0 aliphatic heterocycles. The number of rotatable bonds is 14. The highest BCUT2D eigenvalue weighted by Crippen LogP contribution is 2.33. The lowest BCUT2D eigenvalue weighted by atomic mass is 9.94. The Morgan fingerprint density at radius 1 is 0.800 bits per heavy atom. The number of carbonyl (C=O) groups excluding carboxylic acids is 2. The van der Waals surface area contributed by atoms with Crippen LogP contribution >= 0.6 is 23.2 Å². The molecule has 4 aromatic carbocycles. The Labute approximate surface area is 304 Å². The molecule has 12 heteroatoms. The number of benzene rings is 4. The minimum Gasteiger partial charge on any atom is -0.493 e. The predicted molar refractivity (Wildman–Crippen MR) is 196 cm³/mol. The van der Waals surface area contributed by atoms with Gasteiger partial charge in [0, 0.05) is 35.1 Å². The first-order chi connectivity index (χ1) is 24.1. The van der Waals surface area contributed by atoms with Crippen molar-refractivity contribution in [3.63, 3.8) is 0 Å². The molecule has 50 heavy (non-hydrogen) atoms. The van der Waals surface area contributed by atoms with Crippen LogP contribution in [0.1, 0.15) is 43.2 Å². The molecule has 1 aliphatic rings. The molecule has 0 bridgehead atoms. The zero-order valence-corrected chi connectivity index (χ0v) is 30.4. The van der Waals surface area contributed by atoms with E-state index in [4.69, 9.17) is 32.7 Å². The van der Waals surface area contributed by atoms with E-state index in [-0.39, 0.29) is 41.2 Å². The van der Waals surface area contributed by atoms with Crippen LogP contribution < -0.4 is 19.1 Å². The van der Waals surface area contributed by atoms with Crippen LogP contribution in [0.15, 0.2) is 102 Å². The Kier molecular flexibility index (Phi) is 12.7. The number of hydrogen-bond donors (Lipinski definition) is 1. The van der Waals surface area contributed by atoms with Crippen molar-refractivity contribution in [3.8, 4) is 11.5 Å². The van der Waals surface area contributed by atoms with Crippen molar-refractivity contribution in [2.75, 3.05) is 25.1 Å². The largest absolute Gasteiger partial charge is 0.493 e. The van der Waals surface area contributed by atoms with Crippen molar-refractivity contribution >= 4 is 50.7 Å². The number of ether oxygens (including phenoxy) is 2. The first-order valence-electron chi connectivity index (χ1n) is 16.5. The Bertz CT molecular complexity index is 1850. The molecule has 2 amide bonds. The van der Waals surface area contributed by atoms with Gasteiger partial charge in [-0.1, -0.05) is 84.9 Å². The fourth-order valence-corrected chi connectivity index (χ4v) is 7.81. The molecule has 0 saturated heterocycles. The van der Waals surface area contributed by atoms with E-state index in [1.54, 1.807) is 36.4 Å². The highest BCUT2D eigenvalue weighted by molar-refractivity contribution is 7.92. The summed E-state index contributed by atoms with van der Waals surface area (Å²) in [5, 5.41) is 4.14. The topological polar surface area (TPSA) is 105 Å². The molecule has 0 aromatic heterocycles. The highest BCUT2D eigenvalue weighted by Gasteiger charge is 2.35. The van der Waals surface area contributed by atoms with Gasteiger partial charge in [-0.3, -0.25) is 13.9 Å². The summed E-state index contributed by atoms with van der Waals surface area (Å²) in [6.07, 6.45) is 5.11. The second-order valence-electron chi connectivity index (χ2n) is 12.2. The fourth-order valence-electron chi connectivity index (χ4n) is 6.13. The highest BCUT2D eigenvalue weighted by atomic mass is 35.5. The molecule has 0 radical (unpaired) electrons. The van der Waals surface area contributed by atoms with Crippen molar-refractivity contribution in [1.82, 2.24) is 10.2 Å². The fraction of sp³-hybridized carbons (Fsp3) is 0.316. The first-order valence-corrected chi connectivity index (χ1v) is 18.7. The van der Waals surface area contributed by atoms with Gasteiger partial charge in [-0.05, 0) is 72.5 Å². The molecule has 1 N–H and O–H groups in total. The minimum absolute atomic E-state index is 0.00185. The molecule has 1 aliphatic carbocycles. The molecular formula is C38H41Cl2N3O6S. The third-order valence-corrected chi connectivity index (χ3v) is 11.1. The van der Waals surface area contributed by atoms with Gasteiger partial charge in [0.1, 0.15) is 12.6 Å². The van der Waals surface area contributed by atoms with E-state index in [1.807, 2.05) is 30.3 Å². The molecule has 4 aromatic rings. The van der Waals surface area contributed by atoms with E-state index < -0.39 is 28.5 Å². The van der Waals surface area contributed by atoms with Crippen LogP contribution in [0.4, 0.5) is 5.69 Å². The summed E-state index contributed by atoms with van der Waals surface area (Å²) >= 11 is 12.4. The average molecular weight is 739 g/mol. The Morgan fingerprint density at radius 2 is 1.42 bits per heavy atom. The van der Waals surface area contributed by atoms with E-state index in [0.717, 1.165) is 47.5 Å². The smallest absolute Gasteiger partial charge is 0.264 e. The van der Waals surface area contributed by atoms with Gasteiger partial charge in [0.15, 0.2) is 11.5 Å². The van der Waals surface area contributed by atoms with Crippen LogP contribution in [0.2, 0.25) is 10.0 Å². The van der Waals surface area contributed by atoms with Crippen LogP contribution in [0.5, 0.6) is 11.5 Å². The normalized spacial score (nSPS) is 14.0. The zero-order valence-electron chi connectivity index (χ0n) is 28.1. The van der Waals surface area contributed by atoms with Crippen molar-refractivity contribution in [1.29, 1.82) is 0 Å². The molecule has 5 rings (SSSR count). The van der Waals surface area contributed by atoms with Crippen LogP contribution in [0.25, 0.3) is 0 Å². The number of amides is 2. The number of halogens is 2. The van der Waals surface area contributed by atoms with Crippen molar-refractivity contribution < 1.29 is 27.5 Å². The van der Waals surface area contributed by atoms with Crippen LogP contribution in [-0.2, 0) is 32.6 Å². The number of hydrogen-bond acceptors (Lipinski definition) is 6. The lowest BCUT2D eigenvalue weighted by Crippen LogP contribution is -2.55. The zero-order chi connectivity index (χ0) is 35.7. The summed E-state index contributed by atoms with van der Waals surface area (Å²) in [7, 11) is -1.50. The number of nitrogens with one attached hydrogen (secondary N) is 1. The van der Waals surface area contributed by atoms with Gasteiger partial charge >= 0.3 is 0 Å².